The topological polar surface area (TPSA) is 41.6 Å². The number of thiol groups is 1. The van der Waals surface area contributed by atoms with Crippen LogP contribution in [-0.4, -0.2) is 51.2 Å². The van der Waals surface area contributed by atoms with Gasteiger partial charge in [0.2, 0.25) is 0 Å². The van der Waals surface area contributed by atoms with Crippen molar-refractivity contribution >= 4 is 29.9 Å². The van der Waals surface area contributed by atoms with E-state index in [1.165, 1.54) is 11.3 Å². The summed E-state index contributed by atoms with van der Waals surface area (Å²) in [5.74, 6) is -0.0634. The highest BCUT2D eigenvalue weighted by atomic mass is 32.1. The van der Waals surface area contributed by atoms with Crippen molar-refractivity contribution in [2.24, 2.45) is 0 Å². The molecule has 1 N–H and O–H groups in total. The van der Waals surface area contributed by atoms with E-state index in [-0.39, 0.29) is 5.91 Å². The first-order valence-corrected chi connectivity index (χ1v) is 6.70. The van der Waals surface area contributed by atoms with E-state index in [1.807, 2.05) is 19.5 Å². The van der Waals surface area contributed by atoms with Gasteiger partial charge in [0, 0.05) is 23.4 Å². The zero-order valence-corrected chi connectivity index (χ0v) is 11.8. The number of nitrogens with zero attached hydrogens (tertiary/aromatic N) is 1. The van der Waals surface area contributed by atoms with Gasteiger partial charge in [0.1, 0.15) is 0 Å². The number of carbonyl (C=O) groups excluding carboxylic acids is 1. The number of hydrogen-bond acceptors (Lipinski definition) is 5. The van der Waals surface area contributed by atoms with Crippen LogP contribution >= 0.6 is 24.0 Å². The van der Waals surface area contributed by atoms with Crippen LogP contribution in [0.15, 0.2) is 16.3 Å². The molecular formula is C11H18N2O2S2. The molecule has 17 heavy (non-hydrogen) atoms. The Morgan fingerprint density at radius 3 is 2.88 bits per heavy atom. The van der Waals surface area contributed by atoms with Crippen LogP contribution in [0.4, 0.5) is 0 Å². The van der Waals surface area contributed by atoms with Crippen LogP contribution in [-0.2, 0) is 4.74 Å². The van der Waals surface area contributed by atoms with E-state index >= 15 is 0 Å². The minimum Gasteiger partial charge on any atom is -0.378 e. The molecule has 0 radical (unpaired) electrons. The molecule has 1 aromatic rings. The first kappa shape index (κ1) is 14.5. The minimum absolute atomic E-state index is 0.0634. The Labute approximate surface area is 111 Å². The van der Waals surface area contributed by atoms with E-state index < -0.39 is 0 Å². The smallest absolute Gasteiger partial charge is 0.261 e. The van der Waals surface area contributed by atoms with Gasteiger partial charge in [-0.1, -0.05) is 0 Å². The summed E-state index contributed by atoms with van der Waals surface area (Å²) in [6.45, 7) is 2.65. The van der Waals surface area contributed by atoms with Gasteiger partial charge in [-0.05, 0) is 20.2 Å². The molecule has 0 unspecified atom stereocenters. The molecule has 0 aliphatic carbocycles. The lowest BCUT2D eigenvalue weighted by atomic mass is 10.4. The summed E-state index contributed by atoms with van der Waals surface area (Å²) in [7, 11) is 3.99. The molecule has 0 atom stereocenters. The Morgan fingerprint density at radius 2 is 2.29 bits per heavy atom. The molecule has 1 rings (SSSR count). The summed E-state index contributed by atoms with van der Waals surface area (Å²) >= 11 is 5.55. The molecule has 0 bridgehead atoms. The van der Waals surface area contributed by atoms with Crippen LogP contribution in [0.2, 0.25) is 0 Å². The molecule has 0 saturated heterocycles. The first-order valence-electron chi connectivity index (χ1n) is 5.38. The van der Waals surface area contributed by atoms with Crippen LogP contribution in [0, 0.1) is 0 Å². The maximum Gasteiger partial charge on any atom is 0.261 e. The van der Waals surface area contributed by atoms with E-state index in [4.69, 9.17) is 4.74 Å². The Morgan fingerprint density at radius 1 is 1.53 bits per heavy atom. The van der Waals surface area contributed by atoms with Gasteiger partial charge in [0.05, 0.1) is 18.1 Å². The largest absolute Gasteiger partial charge is 0.378 e. The van der Waals surface area contributed by atoms with Gasteiger partial charge in [-0.15, -0.1) is 24.0 Å². The number of amides is 1. The molecule has 0 spiro atoms. The average Bonchev–Trinajstić information content (AvgIpc) is 2.69. The zero-order valence-electron chi connectivity index (χ0n) is 10.1. The minimum atomic E-state index is -0.0634. The van der Waals surface area contributed by atoms with Gasteiger partial charge >= 0.3 is 0 Å². The molecule has 1 heterocycles. The summed E-state index contributed by atoms with van der Waals surface area (Å²) in [5, 5.41) is 4.64. The fourth-order valence-electron chi connectivity index (χ4n) is 1.12. The number of ether oxygens (including phenoxy) is 1. The van der Waals surface area contributed by atoms with E-state index in [1.54, 1.807) is 6.07 Å². The Balaban J connectivity index is 2.09. The van der Waals surface area contributed by atoms with Crippen LogP contribution < -0.4 is 5.32 Å². The fraction of sp³-hybridized carbons (Fsp3) is 0.545. The fourth-order valence-corrected chi connectivity index (χ4v) is 2.18. The lowest BCUT2D eigenvalue weighted by Crippen LogP contribution is -2.27. The molecule has 0 aliphatic rings. The third-order valence-electron chi connectivity index (χ3n) is 2.02. The van der Waals surface area contributed by atoms with Crippen LogP contribution in [0.1, 0.15) is 9.67 Å². The second-order valence-corrected chi connectivity index (χ2v) is 5.27. The van der Waals surface area contributed by atoms with Crippen molar-refractivity contribution < 1.29 is 9.53 Å². The van der Waals surface area contributed by atoms with Gasteiger partial charge in [-0.2, -0.15) is 0 Å². The van der Waals surface area contributed by atoms with Crippen molar-refractivity contribution in [2.75, 3.05) is 40.4 Å². The number of thiophene rings is 1. The van der Waals surface area contributed by atoms with Gasteiger partial charge in [-0.3, -0.25) is 4.79 Å². The lowest BCUT2D eigenvalue weighted by Gasteiger charge is -2.09. The van der Waals surface area contributed by atoms with E-state index in [0.29, 0.717) is 24.6 Å². The number of rotatable bonds is 7. The van der Waals surface area contributed by atoms with Crippen molar-refractivity contribution in [3.05, 3.63) is 16.3 Å². The predicted molar refractivity (Wildman–Crippen MR) is 73.3 cm³/mol. The molecule has 0 saturated carbocycles. The van der Waals surface area contributed by atoms with Crippen LogP contribution in [0.25, 0.3) is 0 Å². The van der Waals surface area contributed by atoms with Crippen molar-refractivity contribution in [3.8, 4) is 0 Å². The van der Waals surface area contributed by atoms with Gasteiger partial charge < -0.3 is 15.0 Å². The van der Waals surface area contributed by atoms with E-state index in [9.17, 15) is 4.79 Å². The Hall–Kier alpha value is -0.560. The lowest BCUT2D eigenvalue weighted by molar-refractivity contribution is 0.0904. The number of hydrogen-bond donors (Lipinski definition) is 2. The van der Waals surface area contributed by atoms with Crippen LogP contribution in [0.5, 0.6) is 0 Å². The second kappa shape index (κ2) is 7.71. The number of likely N-dealkylation sites (N-methyl/N-ethyl adjacent to an activating group) is 1. The van der Waals surface area contributed by atoms with Gasteiger partial charge in [0.15, 0.2) is 0 Å². The highest BCUT2D eigenvalue weighted by molar-refractivity contribution is 7.80. The normalized spacial score (nSPS) is 10.8. The number of carbonyl (C=O) groups is 1. The maximum absolute atomic E-state index is 11.6. The molecule has 4 nitrogen and oxygen atoms in total. The predicted octanol–water partition coefficient (Wildman–Crippen LogP) is 1.34. The van der Waals surface area contributed by atoms with Crippen LogP contribution in [0.3, 0.4) is 0 Å². The van der Waals surface area contributed by atoms with Crippen molar-refractivity contribution in [1.82, 2.24) is 10.2 Å². The van der Waals surface area contributed by atoms with Gasteiger partial charge in [0.25, 0.3) is 5.91 Å². The third kappa shape index (κ3) is 6.07. The SMILES string of the molecule is CN(C)CCOCCNC(=O)c1cc(S)cs1. The Bertz CT molecular complexity index is 353. The van der Waals surface area contributed by atoms with Crippen molar-refractivity contribution in [3.63, 3.8) is 0 Å². The summed E-state index contributed by atoms with van der Waals surface area (Å²) in [6, 6.07) is 1.76. The number of nitrogens with one attached hydrogen (secondary N) is 1. The molecule has 6 heteroatoms. The maximum atomic E-state index is 11.6. The molecule has 1 amide bonds. The Kier molecular flexibility index (Phi) is 6.57. The summed E-state index contributed by atoms with van der Waals surface area (Å²) < 4.78 is 5.37. The molecule has 96 valence electrons. The molecule has 0 aromatic carbocycles. The van der Waals surface area contributed by atoms with E-state index in [2.05, 4.69) is 22.8 Å². The average molecular weight is 274 g/mol. The highest BCUT2D eigenvalue weighted by Crippen LogP contribution is 2.16. The third-order valence-corrected chi connectivity index (χ3v) is 3.39. The second-order valence-electron chi connectivity index (χ2n) is 3.84. The van der Waals surface area contributed by atoms with Crippen molar-refractivity contribution in [1.29, 1.82) is 0 Å². The molecule has 0 aliphatic heterocycles. The first-order chi connectivity index (χ1) is 8.09. The molecule has 0 fully saturated rings. The molecular weight excluding hydrogens is 256 g/mol. The standard InChI is InChI=1S/C11H18N2O2S2/c1-13(2)4-6-15-5-3-12-11(14)10-7-9(16)8-17-10/h7-8,16H,3-6H2,1-2H3,(H,12,14). The summed E-state index contributed by atoms with van der Waals surface area (Å²) in [5.41, 5.74) is 0. The highest BCUT2D eigenvalue weighted by Gasteiger charge is 2.06. The zero-order chi connectivity index (χ0) is 12.7. The summed E-state index contributed by atoms with van der Waals surface area (Å²) in [6.07, 6.45) is 0. The van der Waals surface area contributed by atoms with E-state index in [0.717, 1.165) is 11.4 Å². The molecule has 1 aromatic heterocycles. The summed E-state index contributed by atoms with van der Waals surface area (Å²) in [4.78, 5) is 15.2. The monoisotopic (exact) mass is 274 g/mol. The van der Waals surface area contributed by atoms with Gasteiger partial charge in [-0.25, -0.2) is 0 Å². The quantitative estimate of drug-likeness (QED) is 0.582. The van der Waals surface area contributed by atoms with Crippen molar-refractivity contribution in [2.45, 2.75) is 4.90 Å².